The van der Waals surface area contributed by atoms with Gasteiger partial charge in [0.2, 0.25) is 5.88 Å². The molecule has 3 heterocycles. The standard InChI is InChI=1S/C23H32N4O3/c1-23(2,3)30-22(28)26-16-7-5-14(6-8-16)15-11-17-19(24-12-15)13-25-18-9-10-20(29-4)27-21(17)18/h9-10,13-16,24H,5-8,11-12H2,1-4H3,(H,26,28). The third-order valence-electron chi connectivity index (χ3n) is 6.18. The van der Waals surface area contributed by atoms with E-state index in [1.54, 1.807) is 7.11 Å². The number of nitrogens with one attached hydrogen (secondary N) is 2. The summed E-state index contributed by atoms with van der Waals surface area (Å²) in [6, 6.07) is 4.03. The van der Waals surface area contributed by atoms with Gasteiger partial charge in [0, 0.05) is 24.2 Å². The smallest absolute Gasteiger partial charge is 0.407 e. The Morgan fingerprint density at radius 1 is 1.17 bits per heavy atom. The third-order valence-corrected chi connectivity index (χ3v) is 6.18. The molecular weight excluding hydrogens is 380 g/mol. The van der Waals surface area contributed by atoms with Crippen LogP contribution in [0.15, 0.2) is 18.3 Å². The van der Waals surface area contributed by atoms with Gasteiger partial charge >= 0.3 is 6.09 Å². The lowest BCUT2D eigenvalue weighted by molar-refractivity contribution is 0.0482. The summed E-state index contributed by atoms with van der Waals surface area (Å²) in [7, 11) is 1.64. The first-order chi connectivity index (χ1) is 14.3. The highest BCUT2D eigenvalue weighted by Crippen LogP contribution is 2.38. The molecule has 0 spiro atoms. The number of pyridine rings is 2. The van der Waals surface area contributed by atoms with Gasteiger partial charge < -0.3 is 20.1 Å². The molecule has 1 fully saturated rings. The highest BCUT2D eigenvalue weighted by molar-refractivity contribution is 5.83. The van der Waals surface area contributed by atoms with Gasteiger partial charge in [-0.05, 0) is 70.8 Å². The molecule has 1 atom stereocenters. The third kappa shape index (κ3) is 4.60. The van der Waals surface area contributed by atoms with Crippen molar-refractivity contribution >= 4 is 22.8 Å². The van der Waals surface area contributed by atoms with E-state index >= 15 is 0 Å². The minimum Gasteiger partial charge on any atom is -0.481 e. The molecule has 0 bridgehead atoms. The number of carbonyl (C=O) groups is 1. The number of aromatic nitrogens is 2. The quantitative estimate of drug-likeness (QED) is 0.782. The van der Waals surface area contributed by atoms with Crippen LogP contribution >= 0.6 is 0 Å². The molecule has 1 amide bonds. The number of hydrogen-bond acceptors (Lipinski definition) is 6. The van der Waals surface area contributed by atoms with Gasteiger partial charge in [-0.3, -0.25) is 4.98 Å². The van der Waals surface area contributed by atoms with Crippen molar-refractivity contribution in [1.29, 1.82) is 0 Å². The molecule has 0 saturated heterocycles. The first-order valence-corrected chi connectivity index (χ1v) is 10.9. The molecule has 1 saturated carbocycles. The number of carbonyl (C=O) groups excluding carboxylic acids is 1. The topological polar surface area (TPSA) is 85.4 Å². The predicted octanol–water partition coefficient (Wildman–Crippen LogP) is 4.31. The van der Waals surface area contributed by atoms with E-state index < -0.39 is 5.60 Å². The minimum atomic E-state index is -0.462. The highest BCUT2D eigenvalue weighted by Gasteiger charge is 2.32. The van der Waals surface area contributed by atoms with Crippen LogP contribution in [0.25, 0.3) is 11.0 Å². The number of alkyl carbamates (subject to hydrolysis) is 1. The maximum Gasteiger partial charge on any atom is 0.407 e. The molecule has 2 aliphatic rings. The number of ether oxygens (including phenoxy) is 2. The summed E-state index contributed by atoms with van der Waals surface area (Å²) in [5, 5.41) is 6.62. The number of amides is 1. The Kier molecular flexibility index (Phi) is 5.71. The van der Waals surface area contributed by atoms with Crippen molar-refractivity contribution < 1.29 is 14.3 Å². The van der Waals surface area contributed by atoms with Crippen LogP contribution in [-0.2, 0) is 11.2 Å². The summed E-state index contributed by atoms with van der Waals surface area (Å²) in [6.07, 6.45) is 6.83. The van der Waals surface area contributed by atoms with Crippen molar-refractivity contribution in [3.63, 3.8) is 0 Å². The second-order valence-corrected chi connectivity index (χ2v) is 9.47. The van der Waals surface area contributed by atoms with Gasteiger partial charge in [-0.15, -0.1) is 0 Å². The lowest BCUT2D eigenvalue weighted by Crippen LogP contribution is -2.42. The van der Waals surface area contributed by atoms with Crippen molar-refractivity contribution in [3.05, 3.63) is 23.9 Å². The van der Waals surface area contributed by atoms with Crippen LogP contribution in [0.5, 0.6) is 5.88 Å². The van der Waals surface area contributed by atoms with E-state index in [0.717, 1.165) is 55.4 Å². The zero-order valence-corrected chi connectivity index (χ0v) is 18.3. The largest absolute Gasteiger partial charge is 0.481 e. The van der Waals surface area contributed by atoms with Crippen LogP contribution in [0, 0.1) is 11.8 Å². The fourth-order valence-corrected chi connectivity index (χ4v) is 4.69. The van der Waals surface area contributed by atoms with Crippen molar-refractivity contribution in [3.8, 4) is 5.88 Å². The van der Waals surface area contributed by atoms with Crippen LogP contribution in [-0.4, -0.2) is 41.4 Å². The fraction of sp³-hybridized carbons (Fsp3) is 0.609. The summed E-state index contributed by atoms with van der Waals surface area (Å²) in [5.74, 6) is 1.81. The molecule has 4 rings (SSSR count). The van der Waals surface area contributed by atoms with Crippen LogP contribution in [0.2, 0.25) is 0 Å². The molecule has 30 heavy (non-hydrogen) atoms. The molecule has 1 aliphatic heterocycles. The summed E-state index contributed by atoms with van der Waals surface area (Å²) < 4.78 is 10.7. The molecule has 2 N–H and O–H groups in total. The molecule has 0 radical (unpaired) electrons. The van der Waals surface area contributed by atoms with Gasteiger partial charge in [-0.25, -0.2) is 9.78 Å². The molecule has 1 unspecified atom stereocenters. The molecule has 0 aromatic carbocycles. The van der Waals surface area contributed by atoms with Gasteiger partial charge in [0.1, 0.15) is 5.60 Å². The van der Waals surface area contributed by atoms with E-state index in [-0.39, 0.29) is 12.1 Å². The Labute approximate surface area is 178 Å². The van der Waals surface area contributed by atoms with E-state index in [1.165, 1.54) is 5.56 Å². The maximum absolute atomic E-state index is 12.1. The summed E-state index contributed by atoms with van der Waals surface area (Å²) >= 11 is 0. The predicted molar refractivity (Wildman–Crippen MR) is 117 cm³/mol. The lowest BCUT2D eigenvalue weighted by atomic mass is 9.74. The highest BCUT2D eigenvalue weighted by atomic mass is 16.6. The Balaban J connectivity index is 1.40. The number of rotatable bonds is 3. The van der Waals surface area contributed by atoms with E-state index in [9.17, 15) is 4.79 Å². The van der Waals surface area contributed by atoms with Crippen LogP contribution in [0.1, 0.15) is 52.0 Å². The Bertz CT molecular complexity index is 911. The Morgan fingerprint density at radius 2 is 1.93 bits per heavy atom. The number of hydrogen-bond donors (Lipinski definition) is 2. The molecule has 162 valence electrons. The molecule has 2 aromatic heterocycles. The van der Waals surface area contributed by atoms with Gasteiger partial charge in [0.05, 0.1) is 30.0 Å². The first kappa shape index (κ1) is 20.7. The van der Waals surface area contributed by atoms with Crippen molar-refractivity contribution in [1.82, 2.24) is 15.3 Å². The molecule has 1 aliphatic carbocycles. The van der Waals surface area contributed by atoms with Crippen LogP contribution in [0.4, 0.5) is 10.5 Å². The van der Waals surface area contributed by atoms with Crippen molar-refractivity contribution in [2.45, 2.75) is 64.5 Å². The monoisotopic (exact) mass is 412 g/mol. The molecule has 7 heteroatoms. The number of anilines is 1. The average molecular weight is 413 g/mol. The van der Waals surface area contributed by atoms with Gasteiger partial charge in [-0.2, -0.15) is 0 Å². The second-order valence-electron chi connectivity index (χ2n) is 9.47. The normalized spacial score (nSPS) is 23.9. The molecule has 7 nitrogen and oxygen atoms in total. The number of nitrogens with zero attached hydrogens (tertiary/aromatic N) is 2. The van der Waals surface area contributed by atoms with E-state index in [0.29, 0.717) is 17.7 Å². The van der Waals surface area contributed by atoms with E-state index in [2.05, 4.69) is 20.6 Å². The SMILES string of the molecule is COc1ccc2ncc3c(c2n1)CC(C1CCC(NC(=O)OC(C)(C)C)CC1)CN3. The lowest BCUT2D eigenvalue weighted by Gasteiger charge is -2.37. The van der Waals surface area contributed by atoms with E-state index in [4.69, 9.17) is 9.47 Å². The molecule has 2 aromatic rings. The summed E-state index contributed by atoms with van der Waals surface area (Å²) in [5.41, 5.74) is 3.70. The van der Waals surface area contributed by atoms with Crippen molar-refractivity contribution in [2.75, 3.05) is 19.0 Å². The maximum atomic E-state index is 12.1. The van der Waals surface area contributed by atoms with Gasteiger partial charge in [-0.1, -0.05) is 0 Å². The molecular formula is C23H32N4O3. The van der Waals surface area contributed by atoms with Crippen molar-refractivity contribution in [2.24, 2.45) is 11.8 Å². The minimum absolute atomic E-state index is 0.205. The zero-order chi connectivity index (χ0) is 21.3. The average Bonchev–Trinajstić information content (AvgIpc) is 2.72. The van der Waals surface area contributed by atoms with Gasteiger partial charge in [0.15, 0.2) is 0 Å². The summed E-state index contributed by atoms with van der Waals surface area (Å²) in [4.78, 5) is 21.3. The van der Waals surface area contributed by atoms with Crippen LogP contribution < -0.4 is 15.4 Å². The number of methoxy groups -OCH3 is 1. The zero-order valence-electron chi connectivity index (χ0n) is 18.3. The second kappa shape index (κ2) is 8.28. The Morgan fingerprint density at radius 3 is 2.63 bits per heavy atom. The first-order valence-electron chi connectivity index (χ1n) is 10.9. The fourth-order valence-electron chi connectivity index (χ4n) is 4.69. The van der Waals surface area contributed by atoms with E-state index in [1.807, 2.05) is 39.1 Å². The van der Waals surface area contributed by atoms with Crippen LogP contribution in [0.3, 0.4) is 0 Å². The van der Waals surface area contributed by atoms with Gasteiger partial charge in [0.25, 0.3) is 0 Å². The Hall–Kier alpha value is -2.57. The number of fused-ring (bicyclic) bond motifs is 3. The summed E-state index contributed by atoms with van der Waals surface area (Å²) in [6.45, 7) is 6.63.